The van der Waals surface area contributed by atoms with Crippen molar-refractivity contribution in [1.82, 2.24) is 15.5 Å². The number of likely N-dealkylation sites (N-methyl/N-ethyl adjacent to an activating group) is 1. The van der Waals surface area contributed by atoms with Crippen LogP contribution in [0.3, 0.4) is 0 Å². The Morgan fingerprint density at radius 2 is 1.63 bits per heavy atom. The van der Waals surface area contributed by atoms with Crippen LogP contribution in [0, 0.1) is 0 Å². The van der Waals surface area contributed by atoms with E-state index in [4.69, 9.17) is 9.47 Å². The van der Waals surface area contributed by atoms with E-state index in [1.165, 1.54) is 5.56 Å². The fraction of sp³-hybridized carbons (Fsp3) is 0.435. The van der Waals surface area contributed by atoms with Crippen molar-refractivity contribution in [2.75, 3.05) is 40.9 Å². The summed E-state index contributed by atoms with van der Waals surface area (Å²) in [5.41, 5.74) is 2.40. The second kappa shape index (κ2) is 14.1. The molecule has 2 aromatic carbocycles. The summed E-state index contributed by atoms with van der Waals surface area (Å²) in [4.78, 5) is 6.82. The lowest BCUT2D eigenvalue weighted by atomic mass is 10.1. The summed E-state index contributed by atoms with van der Waals surface area (Å²) in [7, 11) is 5.08. The highest BCUT2D eigenvalue weighted by molar-refractivity contribution is 14.0. The van der Waals surface area contributed by atoms with E-state index in [2.05, 4.69) is 64.7 Å². The van der Waals surface area contributed by atoms with Crippen LogP contribution >= 0.6 is 24.0 Å². The molecule has 0 radical (unpaired) electrons. The monoisotopic (exact) mass is 526 g/mol. The molecule has 0 heterocycles. The highest BCUT2D eigenvalue weighted by Gasteiger charge is 2.18. The topological polar surface area (TPSA) is 58.1 Å². The molecule has 0 aromatic heterocycles. The number of hydrogen-bond donors (Lipinski definition) is 2. The van der Waals surface area contributed by atoms with Crippen LogP contribution in [0.25, 0.3) is 0 Å². The number of nitrogens with one attached hydrogen (secondary N) is 2. The molecule has 1 unspecified atom stereocenters. The lowest BCUT2D eigenvalue weighted by Gasteiger charge is -2.30. The minimum Gasteiger partial charge on any atom is -0.493 e. The van der Waals surface area contributed by atoms with E-state index in [-0.39, 0.29) is 30.0 Å². The predicted octanol–water partition coefficient (Wildman–Crippen LogP) is 4.07. The molecule has 2 N–H and O–H groups in total. The summed E-state index contributed by atoms with van der Waals surface area (Å²) in [6.45, 7) is 7.80. The molecule has 0 bridgehead atoms. The third-order valence-electron chi connectivity index (χ3n) is 5.03. The Kier molecular flexibility index (Phi) is 12.2. The summed E-state index contributed by atoms with van der Waals surface area (Å²) in [5, 5.41) is 6.86. The molecule has 2 rings (SSSR count). The Hall–Kier alpha value is -2.00. The fourth-order valence-corrected chi connectivity index (χ4v) is 3.39. The van der Waals surface area contributed by atoms with Crippen molar-refractivity contribution in [3.8, 4) is 11.5 Å². The average Bonchev–Trinajstić information content (AvgIpc) is 2.78. The summed E-state index contributed by atoms with van der Waals surface area (Å²) < 4.78 is 10.7. The van der Waals surface area contributed by atoms with Crippen molar-refractivity contribution in [3.05, 3.63) is 59.7 Å². The SMILES string of the molecule is CCN(CC)C(CNC(=NC)NCc1ccc(OC)c(OC)c1)c1ccccc1.I. The van der Waals surface area contributed by atoms with Crippen LogP contribution in [-0.2, 0) is 6.54 Å². The number of rotatable bonds is 10. The van der Waals surface area contributed by atoms with Crippen LogP contribution in [0.15, 0.2) is 53.5 Å². The number of methoxy groups -OCH3 is 2. The third kappa shape index (κ3) is 7.36. The Bertz CT molecular complexity index is 767. The number of guanidine groups is 1. The van der Waals surface area contributed by atoms with Crippen LogP contribution in [-0.4, -0.2) is 51.8 Å². The van der Waals surface area contributed by atoms with Gasteiger partial charge in [-0.2, -0.15) is 0 Å². The second-order valence-corrected chi connectivity index (χ2v) is 6.64. The van der Waals surface area contributed by atoms with Crippen molar-refractivity contribution >= 4 is 29.9 Å². The molecule has 0 saturated heterocycles. The standard InChI is InChI=1S/C23H34N4O2.HI/c1-6-27(7-2)20(19-11-9-8-10-12-19)17-26-23(24-3)25-16-18-13-14-21(28-4)22(15-18)29-5;/h8-15,20H,6-7,16-17H2,1-5H3,(H2,24,25,26);1H. The average molecular weight is 526 g/mol. The van der Waals surface area contributed by atoms with Crippen molar-refractivity contribution in [2.24, 2.45) is 4.99 Å². The summed E-state index contributed by atoms with van der Waals surface area (Å²) >= 11 is 0. The van der Waals surface area contributed by atoms with Crippen molar-refractivity contribution in [1.29, 1.82) is 0 Å². The first-order chi connectivity index (χ1) is 14.2. The molecule has 166 valence electrons. The number of ether oxygens (including phenoxy) is 2. The minimum atomic E-state index is 0. The Balaban J connectivity index is 0.00000450. The van der Waals surface area contributed by atoms with Gasteiger partial charge in [0.15, 0.2) is 17.5 Å². The fourth-order valence-electron chi connectivity index (χ4n) is 3.39. The van der Waals surface area contributed by atoms with Crippen LogP contribution in [0.5, 0.6) is 11.5 Å². The van der Waals surface area contributed by atoms with E-state index in [1.54, 1.807) is 21.3 Å². The molecular formula is C23H35IN4O2. The molecule has 0 spiro atoms. The maximum Gasteiger partial charge on any atom is 0.191 e. The van der Waals surface area contributed by atoms with Crippen LogP contribution in [0.2, 0.25) is 0 Å². The van der Waals surface area contributed by atoms with Gasteiger partial charge in [0, 0.05) is 20.1 Å². The summed E-state index contributed by atoms with van der Waals surface area (Å²) in [6, 6.07) is 16.8. The van der Waals surface area contributed by atoms with Crippen molar-refractivity contribution < 1.29 is 9.47 Å². The molecule has 0 aliphatic carbocycles. The highest BCUT2D eigenvalue weighted by atomic mass is 127. The number of hydrogen-bond acceptors (Lipinski definition) is 4. The first-order valence-electron chi connectivity index (χ1n) is 10.1. The molecule has 6 nitrogen and oxygen atoms in total. The van der Waals surface area contributed by atoms with Gasteiger partial charge in [-0.05, 0) is 36.3 Å². The number of nitrogens with zero attached hydrogens (tertiary/aromatic N) is 2. The molecule has 0 saturated carbocycles. The first-order valence-corrected chi connectivity index (χ1v) is 10.1. The van der Waals surface area contributed by atoms with Gasteiger partial charge in [0.25, 0.3) is 0 Å². The van der Waals surface area contributed by atoms with Gasteiger partial charge in [-0.15, -0.1) is 24.0 Å². The van der Waals surface area contributed by atoms with Gasteiger partial charge in [0.2, 0.25) is 0 Å². The molecule has 0 fully saturated rings. The summed E-state index contributed by atoms with van der Waals surface area (Å²) in [5.74, 6) is 2.22. The van der Waals surface area contributed by atoms with Crippen LogP contribution < -0.4 is 20.1 Å². The zero-order valence-corrected chi connectivity index (χ0v) is 21.0. The maximum atomic E-state index is 5.38. The molecule has 0 aliphatic rings. The molecule has 1 atom stereocenters. The van der Waals surface area contributed by atoms with Gasteiger partial charge >= 0.3 is 0 Å². The van der Waals surface area contributed by atoms with Crippen LogP contribution in [0.1, 0.15) is 31.0 Å². The quantitative estimate of drug-likeness (QED) is 0.278. The molecular weight excluding hydrogens is 491 g/mol. The highest BCUT2D eigenvalue weighted by Crippen LogP contribution is 2.27. The van der Waals surface area contributed by atoms with E-state index < -0.39 is 0 Å². The Labute approximate surface area is 198 Å². The zero-order valence-electron chi connectivity index (χ0n) is 18.6. The predicted molar refractivity (Wildman–Crippen MR) is 135 cm³/mol. The first kappa shape index (κ1) is 26.0. The minimum absolute atomic E-state index is 0. The molecule has 0 aliphatic heterocycles. The van der Waals surface area contributed by atoms with Gasteiger partial charge in [0.1, 0.15) is 0 Å². The number of halogens is 1. The molecule has 0 amide bonds. The number of aliphatic imine (C=N–C) groups is 1. The van der Waals surface area contributed by atoms with Gasteiger partial charge in [-0.25, -0.2) is 0 Å². The normalized spacial score (nSPS) is 12.1. The Morgan fingerprint density at radius 3 is 2.20 bits per heavy atom. The summed E-state index contributed by atoms with van der Waals surface area (Å²) in [6.07, 6.45) is 0. The van der Waals surface area contributed by atoms with Crippen LogP contribution in [0.4, 0.5) is 0 Å². The van der Waals surface area contributed by atoms with Gasteiger partial charge in [-0.3, -0.25) is 9.89 Å². The van der Waals surface area contributed by atoms with Gasteiger partial charge in [-0.1, -0.05) is 50.2 Å². The molecule has 2 aromatic rings. The lowest BCUT2D eigenvalue weighted by Crippen LogP contribution is -2.43. The van der Waals surface area contributed by atoms with E-state index >= 15 is 0 Å². The third-order valence-corrected chi connectivity index (χ3v) is 5.03. The van der Waals surface area contributed by atoms with Crippen molar-refractivity contribution in [3.63, 3.8) is 0 Å². The van der Waals surface area contributed by atoms with Gasteiger partial charge in [0.05, 0.1) is 20.3 Å². The second-order valence-electron chi connectivity index (χ2n) is 6.64. The molecule has 7 heteroatoms. The van der Waals surface area contributed by atoms with E-state index in [1.807, 2.05) is 18.2 Å². The smallest absolute Gasteiger partial charge is 0.191 e. The van der Waals surface area contributed by atoms with E-state index in [0.717, 1.165) is 42.7 Å². The van der Waals surface area contributed by atoms with E-state index in [9.17, 15) is 0 Å². The molecule has 30 heavy (non-hydrogen) atoms. The maximum absolute atomic E-state index is 5.38. The Morgan fingerprint density at radius 1 is 0.967 bits per heavy atom. The van der Waals surface area contributed by atoms with E-state index in [0.29, 0.717) is 6.54 Å². The van der Waals surface area contributed by atoms with Crippen molar-refractivity contribution in [2.45, 2.75) is 26.4 Å². The number of benzene rings is 2. The largest absolute Gasteiger partial charge is 0.493 e. The lowest BCUT2D eigenvalue weighted by molar-refractivity contribution is 0.219. The zero-order chi connectivity index (χ0) is 21.1. The van der Waals surface area contributed by atoms with Gasteiger partial charge < -0.3 is 20.1 Å².